The van der Waals surface area contributed by atoms with E-state index in [0.29, 0.717) is 10.6 Å². The van der Waals surface area contributed by atoms with E-state index in [4.69, 9.17) is 27.6 Å². The van der Waals surface area contributed by atoms with E-state index in [1.54, 1.807) is 11.0 Å². The predicted octanol–water partition coefficient (Wildman–Crippen LogP) is 4.53. The van der Waals surface area contributed by atoms with Gasteiger partial charge in [-0.05, 0) is 48.7 Å². The van der Waals surface area contributed by atoms with Crippen LogP contribution in [0.3, 0.4) is 0 Å². The summed E-state index contributed by atoms with van der Waals surface area (Å²) in [6, 6.07) is 7.60. The van der Waals surface area contributed by atoms with Crippen molar-refractivity contribution >= 4 is 29.1 Å². The van der Waals surface area contributed by atoms with Gasteiger partial charge >= 0.3 is 0 Å². The molecule has 1 heterocycles. The molecule has 1 saturated carbocycles. The van der Waals surface area contributed by atoms with Crippen LogP contribution in [0.2, 0.25) is 10.2 Å². The van der Waals surface area contributed by atoms with Crippen LogP contribution in [0, 0.1) is 5.82 Å². The minimum atomic E-state index is -0.418. The third-order valence-electron chi connectivity index (χ3n) is 3.42. The highest BCUT2D eigenvalue weighted by molar-refractivity contribution is 6.31. The van der Waals surface area contributed by atoms with Crippen molar-refractivity contribution in [3.63, 3.8) is 0 Å². The molecule has 110 valence electrons. The summed E-state index contributed by atoms with van der Waals surface area (Å²) in [5.41, 5.74) is 0.317. The lowest BCUT2D eigenvalue weighted by atomic mass is 10.2. The Morgan fingerprint density at radius 1 is 1.29 bits per heavy atom. The van der Waals surface area contributed by atoms with Crippen molar-refractivity contribution in [2.75, 3.05) is 0 Å². The largest absolute Gasteiger partial charge is 0.440 e. The Morgan fingerprint density at radius 3 is 2.62 bits per heavy atom. The van der Waals surface area contributed by atoms with Gasteiger partial charge in [0.15, 0.2) is 11.0 Å². The number of amides is 1. The van der Waals surface area contributed by atoms with Gasteiger partial charge < -0.3 is 9.32 Å². The summed E-state index contributed by atoms with van der Waals surface area (Å²) in [5.74, 6) is -0.568. The quantitative estimate of drug-likeness (QED) is 0.826. The lowest BCUT2D eigenvalue weighted by Gasteiger charge is -2.22. The van der Waals surface area contributed by atoms with E-state index in [1.165, 1.54) is 24.3 Å². The molecule has 3 nitrogen and oxygen atoms in total. The van der Waals surface area contributed by atoms with Crippen LogP contribution >= 0.6 is 23.2 Å². The Morgan fingerprint density at radius 2 is 2.05 bits per heavy atom. The molecule has 1 aromatic carbocycles. The molecule has 3 rings (SSSR count). The molecule has 1 aliphatic carbocycles. The van der Waals surface area contributed by atoms with Crippen LogP contribution in [0.5, 0.6) is 0 Å². The van der Waals surface area contributed by atoms with Gasteiger partial charge in [0.1, 0.15) is 5.82 Å². The Hall–Kier alpha value is -1.52. The topological polar surface area (TPSA) is 33.5 Å². The monoisotopic (exact) mass is 327 g/mol. The number of hydrogen-bond donors (Lipinski definition) is 0. The zero-order chi connectivity index (χ0) is 15.0. The molecule has 0 N–H and O–H groups in total. The summed E-state index contributed by atoms with van der Waals surface area (Å²) < 4.78 is 19.0. The van der Waals surface area contributed by atoms with E-state index < -0.39 is 5.82 Å². The Balaban J connectivity index is 1.87. The molecule has 0 saturated heterocycles. The van der Waals surface area contributed by atoms with Gasteiger partial charge in [-0.15, -0.1) is 0 Å². The van der Waals surface area contributed by atoms with Gasteiger partial charge in [0.2, 0.25) is 0 Å². The molecule has 0 unspecified atom stereocenters. The van der Waals surface area contributed by atoms with Crippen molar-refractivity contribution in [2.45, 2.75) is 25.4 Å². The molecule has 1 aromatic heterocycles. The van der Waals surface area contributed by atoms with Gasteiger partial charge in [-0.1, -0.05) is 17.7 Å². The number of halogens is 3. The smallest absolute Gasteiger partial charge is 0.290 e. The zero-order valence-electron chi connectivity index (χ0n) is 11.0. The SMILES string of the molecule is O=C(c1ccc(Cl)o1)N(Cc1c(F)cccc1Cl)C1CC1. The van der Waals surface area contributed by atoms with Crippen molar-refractivity contribution < 1.29 is 13.6 Å². The number of nitrogens with zero attached hydrogens (tertiary/aromatic N) is 1. The average Bonchev–Trinajstić information content (AvgIpc) is 3.19. The fourth-order valence-corrected chi connectivity index (χ4v) is 2.55. The van der Waals surface area contributed by atoms with Crippen LogP contribution in [0.1, 0.15) is 29.0 Å². The molecule has 0 bridgehead atoms. The maximum Gasteiger partial charge on any atom is 0.290 e. The first-order valence-electron chi connectivity index (χ1n) is 6.55. The van der Waals surface area contributed by atoms with Crippen LogP contribution < -0.4 is 0 Å². The first kappa shape index (κ1) is 14.4. The van der Waals surface area contributed by atoms with Crippen LogP contribution in [0.4, 0.5) is 4.39 Å². The minimum Gasteiger partial charge on any atom is -0.440 e. The Kier molecular flexibility index (Phi) is 3.91. The molecule has 1 amide bonds. The molecule has 0 atom stereocenters. The number of benzene rings is 1. The number of furan rings is 1. The second-order valence-electron chi connectivity index (χ2n) is 4.97. The lowest BCUT2D eigenvalue weighted by Crippen LogP contribution is -2.32. The van der Waals surface area contributed by atoms with Crippen molar-refractivity contribution in [1.29, 1.82) is 0 Å². The van der Waals surface area contributed by atoms with E-state index in [0.717, 1.165) is 12.8 Å². The second-order valence-corrected chi connectivity index (χ2v) is 5.75. The number of hydrogen-bond acceptors (Lipinski definition) is 2. The number of carbonyl (C=O) groups excluding carboxylic acids is 1. The van der Waals surface area contributed by atoms with Gasteiger partial charge in [0.25, 0.3) is 5.91 Å². The third-order valence-corrected chi connectivity index (χ3v) is 3.98. The molecule has 21 heavy (non-hydrogen) atoms. The van der Waals surface area contributed by atoms with Crippen molar-refractivity contribution in [3.8, 4) is 0 Å². The predicted molar refractivity (Wildman–Crippen MR) is 78.0 cm³/mol. The lowest BCUT2D eigenvalue weighted by molar-refractivity contribution is 0.0696. The zero-order valence-corrected chi connectivity index (χ0v) is 12.5. The molecule has 0 spiro atoms. The standard InChI is InChI=1S/C15H12Cl2FNO2/c16-11-2-1-3-12(18)10(11)8-19(9-4-5-9)15(20)13-6-7-14(17)21-13/h1-3,6-7,9H,4-5,8H2. The average molecular weight is 328 g/mol. The minimum absolute atomic E-state index is 0.0945. The molecular weight excluding hydrogens is 316 g/mol. The highest BCUT2D eigenvalue weighted by Crippen LogP contribution is 2.32. The van der Waals surface area contributed by atoms with Crippen molar-refractivity contribution in [3.05, 3.63) is 57.7 Å². The highest BCUT2D eigenvalue weighted by atomic mass is 35.5. The molecular formula is C15H12Cl2FNO2. The normalized spacial score (nSPS) is 14.2. The van der Waals surface area contributed by atoms with Crippen LogP contribution in [-0.4, -0.2) is 16.8 Å². The fourth-order valence-electron chi connectivity index (χ4n) is 2.18. The summed E-state index contributed by atoms with van der Waals surface area (Å²) >= 11 is 11.7. The van der Waals surface area contributed by atoms with Gasteiger partial charge in [-0.2, -0.15) is 0 Å². The molecule has 1 aliphatic rings. The Labute approximate surface area is 131 Å². The van der Waals surface area contributed by atoms with Gasteiger partial charge in [-0.25, -0.2) is 4.39 Å². The summed E-state index contributed by atoms with van der Waals surface area (Å²) in [6.45, 7) is 0.118. The first-order chi connectivity index (χ1) is 10.1. The summed E-state index contributed by atoms with van der Waals surface area (Å²) in [5, 5.41) is 0.462. The van der Waals surface area contributed by atoms with E-state index in [2.05, 4.69) is 0 Å². The second kappa shape index (κ2) is 5.70. The van der Waals surface area contributed by atoms with E-state index in [9.17, 15) is 9.18 Å². The summed E-state index contributed by atoms with van der Waals surface area (Å²) in [4.78, 5) is 14.1. The molecule has 0 radical (unpaired) electrons. The fraction of sp³-hybridized carbons (Fsp3) is 0.267. The Bertz CT molecular complexity index is 662. The summed E-state index contributed by atoms with van der Waals surface area (Å²) in [6.07, 6.45) is 1.79. The maximum atomic E-state index is 13.9. The third kappa shape index (κ3) is 3.06. The first-order valence-corrected chi connectivity index (χ1v) is 7.31. The highest BCUT2D eigenvalue weighted by Gasteiger charge is 2.35. The van der Waals surface area contributed by atoms with Crippen molar-refractivity contribution in [2.24, 2.45) is 0 Å². The maximum absolute atomic E-state index is 13.9. The number of rotatable bonds is 4. The molecule has 6 heteroatoms. The van der Waals surface area contributed by atoms with Gasteiger partial charge in [-0.3, -0.25) is 4.79 Å². The summed E-state index contributed by atoms with van der Waals surface area (Å²) in [7, 11) is 0. The molecule has 1 fully saturated rings. The van der Waals surface area contributed by atoms with Gasteiger partial charge in [0.05, 0.1) is 6.54 Å². The van der Waals surface area contributed by atoms with E-state index in [1.807, 2.05) is 0 Å². The van der Waals surface area contributed by atoms with Crippen LogP contribution in [-0.2, 0) is 6.54 Å². The number of carbonyl (C=O) groups is 1. The van der Waals surface area contributed by atoms with Gasteiger partial charge in [0, 0.05) is 16.6 Å². The van der Waals surface area contributed by atoms with E-state index in [-0.39, 0.29) is 29.5 Å². The molecule has 0 aliphatic heterocycles. The van der Waals surface area contributed by atoms with Crippen molar-refractivity contribution in [1.82, 2.24) is 4.90 Å². The van der Waals surface area contributed by atoms with E-state index >= 15 is 0 Å². The molecule has 2 aromatic rings. The van der Waals surface area contributed by atoms with Crippen LogP contribution in [0.15, 0.2) is 34.7 Å². The van der Waals surface area contributed by atoms with Crippen LogP contribution in [0.25, 0.3) is 0 Å².